The van der Waals surface area contributed by atoms with Gasteiger partial charge >= 0.3 is 6.09 Å². The van der Waals surface area contributed by atoms with E-state index in [2.05, 4.69) is 9.50 Å². The van der Waals surface area contributed by atoms with Crippen molar-refractivity contribution in [1.82, 2.24) is 5.32 Å². The summed E-state index contributed by atoms with van der Waals surface area (Å²) in [4.78, 5) is 25.6. The minimum absolute atomic E-state index is 0.112. The molecule has 1 aliphatic heterocycles. The zero-order valence-corrected chi connectivity index (χ0v) is 17.2. The van der Waals surface area contributed by atoms with Gasteiger partial charge in [0.2, 0.25) is 0 Å². The highest BCUT2D eigenvalue weighted by Gasteiger charge is 2.33. The van der Waals surface area contributed by atoms with Crippen molar-refractivity contribution in [2.75, 3.05) is 24.3 Å². The molecule has 10 nitrogen and oxygen atoms in total. The molecular formula is C20H18N4O6S. The first kappa shape index (κ1) is 21.9. The average Bonchev–Trinajstić information content (AvgIpc) is 3.12. The molecule has 0 aliphatic carbocycles. The molecule has 1 atom stereocenters. The fourth-order valence-corrected chi connectivity index (χ4v) is 3.18. The summed E-state index contributed by atoms with van der Waals surface area (Å²) in [7, 11) is -3.64. The number of anilines is 1. The number of hydrogen-bond donors (Lipinski definition) is 2. The maximum absolute atomic E-state index is 12.3. The summed E-state index contributed by atoms with van der Waals surface area (Å²) in [6.45, 7) is -0.161. The lowest BCUT2D eigenvalue weighted by Gasteiger charge is -2.14. The van der Waals surface area contributed by atoms with Gasteiger partial charge in [-0.2, -0.15) is 13.7 Å². The number of nitriles is 1. The SMILES string of the molecule is CS(=O)(=O)OCC1CN(c2ccc(C(=N)NC(=O)c3ccc(C#N)cc3)cc2)C(=O)O1. The summed E-state index contributed by atoms with van der Waals surface area (Å²) in [5.41, 5.74) is 1.63. The van der Waals surface area contributed by atoms with Gasteiger partial charge in [0.15, 0.2) is 0 Å². The molecule has 0 saturated carbocycles. The van der Waals surface area contributed by atoms with Crippen LogP contribution in [0.5, 0.6) is 0 Å². The van der Waals surface area contributed by atoms with E-state index in [9.17, 15) is 18.0 Å². The molecule has 11 heteroatoms. The number of rotatable bonds is 6. The molecule has 0 aromatic heterocycles. The van der Waals surface area contributed by atoms with Crippen LogP contribution in [0.3, 0.4) is 0 Å². The van der Waals surface area contributed by atoms with Crippen LogP contribution in [0.4, 0.5) is 10.5 Å². The molecule has 2 aromatic rings. The minimum Gasteiger partial charge on any atom is -0.441 e. The molecule has 2 aromatic carbocycles. The van der Waals surface area contributed by atoms with Crippen LogP contribution < -0.4 is 10.2 Å². The van der Waals surface area contributed by atoms with Gasteiger partial charge in [0.1, 0.15) is 18.5 Å². The van der Waals surface area contributed by atoms with Crippen molar-refractivity contribution in [1.29, 1.82) is 10.7 Å². The molecule has 1 saturated heterocycles. The van der Waals surface area contributed by atoms with E-state index < -0.39 is 28.2 Å². The van der Waals surface area contributed by atoms with Gasteiger partial charge in [-0.25, -0.2) is 4.79 Å². The van der Waals surface area contributed by atoms with E-state index in [-0.39, 0.29) is 19.0 Å². The van der Waals surface area contributed by atoms with Gasteiger partial charge in [0.05, 0.1) is 24.4 Å². The zero-order chi connectivity index (χ0) is 22.6. The van der Waals surface area contributed by atoms with Crippen LogP contribution in [0.15, 0.2) is 48.5 Å². The van der Waals surface area contributed by atoms with Crippen LogP contribution in [0.25, 0.3) is 0 Å². The number of nitrogens with zero attached hydrogens (tertiary/aromatic N) is 2. The lowest BCUT2D eigenvalue weighted by molar-refractivity contribution is 0.0976. The molecule has 0 radical (unpaired) electrons. The van der Waals surface area contributed by atoms with Crippen molar-refractivity contribution in [3.8, 4) is 6.07 Å². The normalized spacial score (nSPS) is 15.8. The van der Waals surface area contributed by atoms with Gasteiger partial charge in [-0.3, -0.25) is 19.3 Å². The Morgan fingerprint density at radius 1 is 1.23 bits per heavy atom. The Balaban J connectivity index is 1.61. The van der Waals surface area contributed by atoms with Gasteiger partial charge in [-0.05, 0) is 48.5 Å². The molecule has 1 unspecified atom stereocenters. The van der Waals surface area contributed by atoms with E-state index in [1.54, 1.807) is 24.3 Å². The first-order valence-electron chi connectivity index (χ1n) is 8.99. The molecule has 1 fully saturated rings. The fraction of sp³-hybridized carbons (Fsp3) is 0.200. The molecule has 2 amide bonds. The number of nitrogens with one attached hydrogen (secondary N) is 2. The summed E-state index contributed by atoms with van der Waals surface area (Å²) < 4.78 is 31.9. The van der Waals surface area contributed by atoms with Crippen LogP contribution in [0, 0.1) is 16.7 Å². The highest BCUT2D eigenvalue weighted by molar-refractivity contribution is 7.85. The van der Waals surface area contributed by atoms with Crippen molar-refractivity contribution < 1.29 is 26.9 Å². The molecule has 31 heavy (non-hydrogen) atoms. The van der Waals surface area contributed by atoms with Crippen LogP contribution in [0.2, 0.25) is 0 Å². The van der Waals surface area contributed by atoms with E-state index in [4.69, 9.17) is 15.4 Å². The van der Waals surface area contributed by atoms with Crippen molar-refractivity contribution in [3.63, 3.8) is 0 Å². The molecule has 160 valence electrons. The number of carbonyl (C=O) groups is 2. The fourth-order valence-electron chi connectivity index (χ4n) is 2.78. The summed E-state index contributed by atoms with van der Waals surface area (Å²) in [6.07, 6.45) is -0.457. The van der Waals surface area contributed by atoms with Crippen LogP contribution in [0.1, 0.15) is 21.5 Å². The second-order valence-corrected chi connectivity index (χ2v) is 8.31. The third-order valence-electron chi connectivity index (χ3n) is 4.32. The first-order valence-corrected chi connectivity index (χ1v) is 10.8. The molecule has 3 rings (SSSR count). The molecular weight excluding hydrogens is 424 g/mol. The minimum atomic E-state index is -3.64. The highest BCUT2D eigenvalue weighted by atomic mass is 32.2. The van der Waals surface area contributed by atoms with Crippen molar-refractivity contribution >= 4 is 33.6 Å². The standard InChI is InChI=1S/C20H18N4O6S/c1-31(27,28)29-12-17-11-24(20(26)30-17)16-8-6-14(7-9-16)18(22)23-19(25)15-4-2-13(10-21)3-5-15/h2-9,17H,11-12H2,1H3,(H2,22,23,25). The van der Waals surface area contributed by atoms with Gasteiger partial charge in [0.25, 0.3) is 16.0 Å². The number of amides is 2. The summed E-state index contributed by atoms with van der Waals surface area (Å²) in [5, 5.41) is 19.4. The van der Waals surface area contributed by atoms with Crippen molar-refractivity contribution in [3.05, 3.63) is 65.2 Å². The Hall–Kier alpha value is -3.75. The van der Waals surface area contributed by atoms with Crippen LogP contribution in [-0.4, -0.2) is 51.8 Å². The van der Waals surface area contributed by atoms with Gasteiger partial charge < -0.3 is 10.1 Å². The van der Waals surface area contributed by atoms with Gasteiger partial charge in [0, 0.05) is 16.8 Å². The van der Waals surface area contributed by atoms with E-state index in [1.807, 2.05) is 6.07 Å². The Bertz CT molecular complexity index is 1150. The van der Waals surface area contributed by atoms with E-state index >= 15 is 0 Å². The lowest BCUT2D eigenvalue weighted by atomic mass is 10.1. The largest absolute Gasteiger partial charge is 0.441 e. The average molecular weight is 442 g/mol. The highest BCUT2D eigenvalue weighted by Crippen LogP contribution is 2.22. The third-order valence-corrected chi connectivity index (χ3v) is 4.89. The van der Waals surface area contributed by atoms with E-state index in [1.165, 1.54) is 29.2 Å². The Morgan fingerprint density at radius 3 is 2.42 bits per heavy atom. The van der Waals surface area contributed by atoms with Gasteiger partial charge in [-0.15, -0.1) is 0 Å². The second kappa shape index (κ2) is 8.95. The van der Waals surface area contributed by atoms with Crippen LogP contribution >= 0.6 is 0 Å². The maximum Gasteiger partial charge on any atom is 0.414 e. The summed E-state index contributed by atoms with van der Waals surface area (Å²) in [6, 6.07) is 14.3. The van der Waals surface area contributed by atoms with Gasteiger partial charge in [-0.1, -0.05) is 0 Å². The molecule has 0 bridgehead atoms. The maximum atomic E-state index is 12.3. The number of benzene rings is 2. The predicted octanol–water partition coefficient (Wildman–Crippen LogP) is 1.62. The number of hydrogen-bond acceptors (Lipinski definition) is 8. The summed E-state index contributed by atoms with van der Waals surface area (Å²) >= 11 is 0. The van der Waals surface area contributed by atoms with E-state index in [0.717, 1.165) is 6.26 Å². The lowest BCUT2D eigenvalue weighted by Crippen LogP contribution is -2.30. The Kier molecular flexibility index (Phi) is 6.33. The molecule has 0 spiro atoms. The number of cyclic esters (lactones) is 1. The number of ether oxygens (including phenoxy) is 1. The molecule has 2 N–H and O–H groups in total. The predicted molar refractivity (Wildman–Crippen MR) is 110 cm³/mol. The smallest absolute Gasteiger partial charge is 0.414 e. The molecule has 1 heterocycles. The van der Waals surface area contributed by atoms with Crippen molar-refractivity contribution in [2.24, 2.45) is 0 Å². The quantitative estimate of drug-likeness (QED) is 0.392. The van der Waals surface area contributed by atoms with Crippen molar-refractivity contribution in [2.45, 2.75) is 6.10 Å². The monoisotopic (exact) mass is 442 g/mol. The number of amidine groups is 1. The first-order chi connectivity index (χ1) is 14.7. The topological polar surface area (TPSA) is 150 Å². The second-order valence-electron chi connectivity index (χ2n) is 6.67. The number of carbonyl (C=O) groups excluding carboxylic acids is 2. The Labute approximate surface area is 178 Å². The Morgan fingerprint density at radius 2 is 1.84 bits per heavy atom. The molecule has 1 aliphatic rings. The van der Waals surface area contributed by atoms with E-state index in [0.29, 0.717) is 22.4 Å². The summed E-state index contributed by atoms with van der Waals surface area (Å²) in [5.74, 6) is -0.625. The van der Waals surface area contributed by atoms with Crippen LogP contribution in [-0.2, 0) is 19.0 Å². The third kappa shape index (κ3) is 5.65. The zero-order valence-electron chi connectivity index (χ0n) is 16.4.